The lowest BCUT2D eigenvalue weighted by Gasteiger charge is -2.42. The first-order valence-electron chi connectivity index (χ1n) is 10.9. The summed E-state index contributed by atoms with van der Waals surface area (Å²) in [4.78, 5) is 22.2. The van der Waals surface area contributed by atoms with Crippen LogP contribution in [-0.4, -0.2) is 17.5 Å². The Balaban J connectivity index is 1.62. The molecule has 1 aromatic heterocycles. The maximum absolute atomic E-state index is 13.7. The lowest BCUT2D eigenvalue weighted by molar-refractivity contribution is -0.139. The number of carbonyl (C=O) groups excluding carboxylic acids is 1. The molecule has 34 heavy (non-hydrogen) atoms. The molecule has 1 heterocycles. The standard InChI is InChI=1S/C25H24F3N3O3/c1-2-34-31-21(23(32)30-18-10-8-17(9-11-18)22-15-29-16-33-22)14-24(12-5-13-24)19-6-3-4-7-20(19)25(26,27)28/h3-4,6-11,14-16,31H,2,5,12-13H2,1H3,(H,30,32). The number of hydroxylamine groups is 1. The van der Waals surface area contributed by atoms with E-state index in [0.29, 0.717) is 24.3 Å². The van der Waals surface area contributed by atoms with E-state index in [1.807, 2.05) is 0 Å². The summed E-state index contributed by atoms with van der Waals surface area (Å²) in [7, 11) is 0. The monoisotopic (exact) mass is 471 g/mol. The number of alkyl halides is 3. The third-order valence-electron chi connectivity index (χ3n) is 5.87. The van der Waals surface area contributed by atoms with Crippen molar-refractivity contribution >= 4 is 11.6 Å². The molecule has 2 N–H and O–H groups in total. The van der Waals surface area contributed by atoms with Crippen LogP contribution in [0.5, 0.6) is 0 Å². The summed E-state index contributed by atoms with van der Waals surface area (Å²) < 4.78 is 46.4. The molecule has 9 heteroatoms. The van der Waals surface area contributed by atoms with Gasteiger partial charge >= 0.3 is 6.18 Å². The average molecular weight is 471 g/mol. The van der Waals surface area contributed by atoms with Gasteiger partial charge in [0.1, 0.15) is 5.70 Å². The molecule has 1 fully saturated rings. The first-order chi connectivity index (χ1) is 16.3. The maximum Gasteiger partial charge on any atom is 0.416 e. The predicted octanol–water partition coefficient (Wildman–Crippen LogP) is 5.85. The van der Waals surface area contributed by atoms with Gasteiger partial charge < -0.3 is 9.73 Å². The van der Waals surface area contributed by atoms with Crippen LogP contribution in [0.4, 0.5) is 18.9 Å². The third kappa shape index (κ3) is 4.99. The molecule has 2 aromatic carbocycles. The Hall–Kier alpha value is -3.59. The van der Waals surface area contributed by atoms with Crippen LogP contribution in [0.25, 0.3) is 11.3 Å². The fourth-order valence-electron chi connectivity index (χ4n) is 4.06. The zero-order valence-corrected chi connectivity index (χ0v) is 18.5. The number of hydrogen-bond acceptors (Lipinski definition) is 5. The highest BCUT2D eigenvalue weighted by molar-refractivity contribution is 6.03. The van der Waals surface area contributed by atoms with Gasteiger partial charge in [-0.25, -0.2) is 4.98 Å². The van der Waals surface area contributed by atoms with Crippen molar-refractivity contribution in [2.45, 2.75) is 37.8 Å². The van der Waals surface area contributed by atoms with Gasteiger partial charge in [-0.05, 0) is 61.7 Å². The fourth-order valence-corrected chi connectivity index (χ4v) is 4.06. The van der Waals surface area contributed by atoms with E-state index in [4.69, 9.17) is 9.25 Å². The Labute approximate surface area is 194 Å². The number of halogens is 3. The van der Waals surface area contributed by atoms with Crippen molar-refractivity contribution in [3.8, 4) is 11.3 Å². The van der Waals surface area contributed by atoms with Crippen LogP contribution < -0.4 is 10.8 Å². The molecule has 0 unspecified atom stereocenters. The Morgan fingerprint density at radius 1 is 1.18 bits per heavy atom. The first-order valence-corrected chi connectivity index (χ1v) is 10.9. The molecular formula is C25H24F3N3O3. The predicted molar refractivity (Wildman–Crippen MR) is 120 cm³/mol. The molecular weight excluding hydrogens is 447 g/mol. The number of benzene rings is 2. The second kappa shape index (κ2) is 9.72. The first kappa shape index (κ1) is 23.6. The normalized spacial score (nSPS) is 15.5. The highest BCUT2D eigenvalue weighted by atomic mass is 19.4. The quantitative estimate of drug-likeness (QED) is 0.319. The average Bonchev–Trinajstić information content (AvgIpc) is 3.33. The van der Waals surface area contributed by atoms with Crippen molar-refractivity contribution < 1.29 is 27.2 Å². The molecule has 3 aromatic rings. The number of nitrogens with one attached hydrogen (secondary N) is 2. The highest BCUT2D eigenvalue weighted by Crippen LogP contribution is 2.49. The summed E-state index contributed by atoms with van der Waals surface area (Å²) in [5, 5.41) is 2.77. The summed E-state index contributed by atoms with van der Waals surface area (Å²) >= 11 is 0. The van der Waals surface area contributed by atoms with Crippen molar-refractivity contribution in [1.29, 1.82) is 0 Å². The number of amides is 1. The molecule has 0 saturated heterocycles. The second-order valence-electron chi connectivity index (χ2n) is 8.04. The number of anilines is 1. The number of carbonyl (C=O) groups is 1. The van der Waals surface area contributed by atoms with E-state index in [0.717, 1.165) is 18.1 Å². The smallest absolute Gasteiger partial charge is 0.416 e. The SMILES string of the molecule is CCONC(=CC1(c2ccccc2C(F)(F)F)CCC1)C(=O)Nc1ccc(-c2cnco2)cc1. The van der Waals surface area contributed by atoms with Gasteiger partial charge in [-0.1, -0.05) is 24.6 Å². The van der Waals surface area contributed by atoms with E-state index >= 15 is 0 Å². The van der Waals surface area contributed by atoms with Crippen LogP contribution in [0.1, 0.15) is 37.3 Å². The van der Waals surface area contributed by atoms with Gasteiger partial charge in [-0.3, -0.25) is 15.1 Å². The maximum atomic E-state index is 13.7. The minimum absolute atomic E-state index is 0.0536. The van der Waals surface area contributed by atoms with Gasteiger partial charge in [0.25, 0.3) is 5.91 Å². The van der Waals surface area contributed by atoms with Crippen LogP contribution in [-0.2, 0) is 21.2 Å². The number of oxazole rings is 1. The number of allylic oxidation sites excluding steroid dienone is 1. The minimum atomic E-state index is -4.49. The number of aromatic nitrogens is 1. The summed E-state index contributed by atoms with van der Waals surface area (Å²) in [6.07, 6.45) is 1.73. The van der Waals surface area contributed by atoms with Crippen LogP contribution in [0.3, 0.4) is 0 Å². The molecule has 0 radical (unpaired) electrons. The summed E-state index contributed by atoms with van der Waals surface area (Å²) in [5.41, 5.74) is 2.52. The molecule has 0 aliphatic heterocycles. The van der Waals surface area contributed by atoms with Crippen LogP contribution in [0.15, 0.2) is 77.3 Å². The van der Waals surface area contributed by atoms with Crippen LogP contribution >= 0.6 is 0 Å². The van der Waals surface area contributed by atoms with E-state index in [1.165, 1.54) is 18.5 Å². The molecule has 0 atom stereocenters. The lowest BCUT2D eigenvalue weighted by atomic mass is 9.63. The van der Waals surface area contributed by atoms with E-state index < -0.39 is 23.1 Å². The Kier molecular flexibility index (Phi) is 6.74. The van der Waals surface area contributed by atoms with E-state index in [2.05, 4.69) is 15.8 Å². The highest BCUT2D eigenvalue weighted by Gasteiger charge is 2.44. The molecule has 178 valence electrons. The van der Waals surface area contributed by atoms with Gasteiger partial charge in [0, 0.05) is 16.7 Å². The van der Waals surface area contributed by atoms with Gasteiger partial charge in [-0.15, -0.1) is 0 Å². The molecule has 1 aliphatic rings. The molecule has 0 bridgehead atoms. The molecule has 4 rings (SSSR count). The van der Waals surface area contributed by atoms with Crippen molar-refractivity contribution in [2.24, 2.45) is 0 Å². The van der Waals surface area contributed by atoms with Gasteiger partial charge in [-0.2, -0.15) is 13.2 Å². The second-order valence-corrected chi connectivity index (χ2v) is 8.04. The van der Waals surface area contributed by atoms with Gasteiger partial charge in [0.15, 0.2) is 12.2 Å². The number of nitrogens with zero attached hydrogens (tertiary/aromatic N) is 1. The van der Waals surface area contributed by atoms with Crippen LogP contribution in [0, 0.1) is 0 Å². The van der Waals surface area contributed by atoms with E-state index in [1.54, 1.807) is 49.5 Å². The van der Waals surface area contributed by atoms with Crippen molar-refractivity contribution in [3.05, 3.63) is 84.0 Å². The zero-order chi connectivity index (χ0) is 24.2. The van der Waals surface area contributed by atoms with E-state index in [-0.39, 0.29) is 17.9 Å². The Morgan fingerprint density at radius 3 is 2.50 bits per heavy atom. The topological polar surface area (TPSA) is 76.4 Å². The lowest BCUT2D eigenvalue weighted by Crippen LogP contribution is -2.37. The van der Waals surface area contributed by atoms with Gasteiger partial charge in [0.05, 0.1) is 18.4 Å². The third-order valence-corrected chi connectivity index (χ3v) is 5.87. The molecule has 1 aliphatic carbocycles. The van der Waals surface area contributed by atoms with E-state index in [9.17, 15) is 18.0 Å². The molecule has 1 saturated carbocycles. The Morgan fingerprint density at radius 2 is 1.91 bits per heavy atom. The molecule has 6 nitrogen and oxygen atoms in total. The van der Waals surface area contributed by atoms with Crippen molar-refractivity contribution in [1.82, 2.24) is 10.5 Å². The molecule has 1 amide bonds. The fraction of sp³-hybridized carbons (Fsp3) is 0.280. The van der Waals surface area contributed by atoms with Gasteiger partial charge in [0.2, 0.25) is 0 Å². The summed E-state index contributed by atoms with van der Waals surface area (Å²) in [5.74, 6) is 0.0726. The summed E-state index contributed by atoms with van der Waals surface area (Å²) in [6, 6.07) is 12.5. The minimum Gasteiger partial charge on any atom is -0.444 e. The molecule has 0 spiro atoms. The van der Waals surface area contributed by atoms with Crippen LogP contribution in [0.2, 0.25) is 0 Å². The van der Waals surface area contributed by atoms with Crippen molar-refractivity contribution in [3.63, 3.8) is 0 Å². The Bertz CT molecular complexity index is 1150. The zero-order valence-electron chi connectivity index (χ0n) is 18.5. The summed E-state index contributed by atoms with van der Waals surface area (Å²) in [6.45, 7) is 2.01. The largest absolute Gasteiger partial charge is 0.444 e. The van der Waals surface area contributed by atoms with Crippen molar-refractivity contribution in [2.75, 3.05) is 11.9 Å². The number of rotatable bonds is 8. The number of hydrogen-bond donors (Lipinski definition) is 2.